The minimum absolute atomic E-state index is 0.184. The highest BCUT2D eigenvalue weighted by molar-refractivity contribution is 7.80. The molecule has 1 amide bonds. The van der Waals surface area contributed by atoms with Gasteiger partial charge >= 0.3 is 0 Å². The van der Waals surface area contributed by atoms with Crippen molar-refractivity contribution in [1.29, 1.82) is 0 Å². The van der Waals surface area contributed by atoms with Crippen molar-refractivity contribution >= 4 is 34.8 Å². The van der Waals surface area contributed by atoms with Crippen molar-refractivity contribution in [3.63, 3.8) is 0 Å². The van der Waals surface area contributed by atoms with E-state index in [4.69, 9.17) is 18.1 Å². The molecule has 0 aromatic heterocycles. The van der Waals surface area contributed by atoms with E-state index in [2.05, 4.69) is 20.7 Å². The van der Waals surface area contributed by atoms with Crippen molar-refractivity contribution in [2.24, 2.45) is 21.7 Å². The average Bonchev–Trinajstić information content (AvgIpc) is 2.60. The largest absolute Gasteiger partial charge is 0.318 e. The summed E-state index contributed by atoms with van der Waals surface area (Å²) < 4.78 is 14.1. The topological polar surface area (TPSA) is 91.9 Å². The zero-order chi connectivity index (χ0) is 18.1. The quantitative estimate of drug-likeness (QED) is 0.267. The predicted molar refractivity (Wildman–Crippen MR) is 102 cm³/mol. The molecule has 0 spiro atoms. The maximum atomic E-state index is 14.1. The molecule has 1 atom stereocenters. The van der Waals surface area contributed by atoms with E-state index in [0.717, 1.165) is 25.0 Å². The summed E-state index contributed by atoms with van der Waals surface area (Å²) in [6, 6.07) is 0. The minimum atomic E-state index is -0.424. The fourth-order valence-electron chi connectivity index (χ4n) is 2.69. The molecule has 0 aromatic rings. The van der Waals surface area contributed by atoms with Crippen LogP contribution in [0, 0.1) is 5.92 Å². The molecule has 0 aromatic carbocycles. The molecule has 0 bridgehead atoms. The van der Waals surface area contributed by atoms with Gasteiger partial charge in [0.15, 0.2) is 5.97 Å². The minimum Gasteiger partial charge on any atom is -0.318 e. The molecular weight excluding hydrogens is 341 g/mol. The Balaban J connectivity index is 1.73. The van der Waals surface area contributed by atoms with Gasteiger partial charge in [0.25, 0.3) is 0 Å². The summed E-state index contributed by atoms with van der Waals surface area (Å²) in [4.78, 5) is 20.8. The molecule has 1 unspecified atom stereocenters. The van der Waals surface area contributed by atoms with E-state index in [0.29, 0.717) is 30.8 Å². The zero-order valence-corrected chi connectivity index (χ0v) is 14.9. The summed E-state index contributed by atoms with van der Waals surface area (Å²) >= 11 is 4.97. The maximum Gasteiger partial charge on any atom is 0.231 e. The lowest BCUT2D eigenvalue weighted by Crippen LogP contribution is -2.28. The first kappa shape index (κ1) is 19.4. The van der Waals surface area contributed by atoms with Gasteiger partial charge in [-0.15, -0.1) is 0 Å². The van der Waals surface area contributed by atoms with Gasteiger partial charge in [0, 0.05) is 18.2 Å². The number of nitrogens with zero attached hydrogens (tertiary/aromatic N) is 2. The van der Waals surface area contributed by atoms with Crippen LogP contribution in [0.4, 0.5) is 4.39 Å². The average molecular weight is 365 g/mol. The van der Waals surface area contributed by atoms with Crippen molar-refractivity contribution < 1.29 is 9.18 Å². The molecule has 2 rings (SSSR count). The Kier molecular flexibility index (Phi) is 7.87. The molecule has 0 saturated heterocycles. The Morgan fingerprint density at radius 3 is 2.96 bits per heavy atom. The second kappa shape index (κ2) is 10.1. The summed E-state index contributed by atoms with van der Waals surface area (Å²) in [5.74, 6) is 4.61. The van der Waals surface area contributed by atoms with Crippen molar-refractivity contribution in [2.45, 2.75) is 44.9 Å². The molecule has 8 heteroatoms. The number of nitrogens with one attached hydrogen (secondary N) is 2. The van der Waals surface area contributed by atoms with E-state index >= 15 is 0 Å². The monoisotopic (exact) mass is 365 g/mol. The number of rotatable bonds is 8. The molecule has 0 radical (unpaired) electrons. The Bertz CT molecular complexity index is 627. The van der Waals surface area contributed by atoms with Crippen molar-refractivity contribution in [3.8, 4) is 0 Å². The molecule has 6 nitrogen and oxygen atoms in total. The third-order valence-corrected chi connectivity index (χ3v) is 4.38. The summed E-state index contributed by atoms with van der Waals surface area (Å²) in [7, 11) is 0. The van der Waals surface area contributed by atoms with E-state index in [-0.39, 0.29) is 24.1 Å². The third kappa shape index (κ3) is 6.83. The number of hydrogen-bond acceptors (Lipinski definition) is 5. The van der Waals surface area contributed by atoms with Gasteiger partial charge in [0.05, 0.1) is 11.4 Å². The number of amides is 1. The second-order valence-corrected chi connectivity index (χ2v) is 6.55. The van der Waals surface area contributed by atoms with Crippen LogP contribution in [0.3, 0.4) is 0 Å². The summed E-state index contributed by atoms with van der Waals surface area (Å²) in [6.07, 6.45) is 10.3. The first-order valence-electron chi connectivity index (χ1n) is 8.52. The fraction of sp³-hybridized carbons (Fsp3) is 0.529. The molecule has 0 fully saturated rings. The molecule has 2 aliphatic rings. The van der Waals surface area contributed by atoms with E-state index in [1.165, 1.54) is 0 Å². The normalized spacial score (nSPS) is 19.6. The van der Waals surface area contributed by atoms with Crippen LogP contribution in [0.5, 0.6) is 0 Å². The lowest BCUT2D eigenvalue weighted by Gasteiger charge is -2.18. The second-order valence-electron chi connectivity index (χ2n) is 6.06. The SMILES string of the molecule is NNC(=S)CCCCC1CC=C(NC(=O)CC2=NCCC=C2)N=C1F. The molecule has 4 N–H and O–H groups in total. The smallest absolute Gasteiger partial charge is 0.231 e. The maximum absolute atomic E-state index is 14.1. The van der Waals surface area contributed by atoms with Gasteiger partial charge in [-0.3, -0.25) is 15.6 Å². The molecule has 0 saturated carbocycles. The summed E-state index contributed by atoms with van der Waals surface area (Å²) in [5, 5.41) is 2.65. The number of carbonyl (C=O) groups is 1. The summed E-state index contributed by atoms with van der Waals surface area (Å²) in [6.45, 7) is 0.711. The number of dihydropyridines is 1. The van der Waals surface area contributed by atoms with E-state index in [9.17, 15) is 9.18 Å². The van der Waals surface area contributed by atoms with Gasteiger partial charge in [-0.25, -0.2) is 4.99 Å². The number of nitrogens with two attached hydrogens (primary N) is 1. The lowest BCUT2D eigenvalue weighted by molar-refractivity contribution is -0.119. The van der Waals surface area contributed by atoms with Crippen LogP contribution < -0.4 is 16.6 Å². The number of hydrogen-bond donors (Lipinski definition) is 3. The number of aliphatic imine (C=N–C) groups is 2. The number of allylic oxidation sites excluding steroid dienone is 2. The number of thiocarbonyl (C=S) groups is 1. The molecular formula is C17H24FN5OS. The van der Waals surface area contributed by atoms with E-state index in [1.54, 1.807) is 6.08 Å². The molecule has 0 aliphatic carbocycles. The standard InChI is InChI=1S/C17H24FN5OS/c18-17-12(5-1-2-7-16(25)23-19)8-9-14(22-17)21-15(24)11-13-6-3-4-10-20-13/h3,6,9,12H,1-2,4-5,7-8,10-11,19H2,(H,21,24)(H,23,25). The zero-order valence-electron chi connectivity index (χ0n) is 14.1. The van der Waals surface area contributed by atoms with Gasteiger partial charge in [-0.2, -0.15) is 4.39 Å². The Morgan fingerprint density at radius 2 is 2.28 bits per heavy atom. The van der Waals surface area contributed by atoms with Crippen LogP contribution >= 0.6 is 12.2 Å². The fourth-order valence-corrected chi connectivity index (χ4v) is 2.83. The van der Waals surface area contributed by atoms with Crippen LogP contribution in [0.1, 0.15) is 44.9 Å². The van der Waals surface area contributed by atoms with Gasteiger partial charge in [-0.05, 0) is 44.3 Å². The highest BCUT2D eigenvalue weighted by Gasteiger charge is 2.20. The lowest BCUT2D eigenvalue weighted by atomic mass is 9.96. The molecule has 2 aliphatic heterocycles. The van der Waals surface area contributed by atoms with Gasteiger partial charge in [0.1, 0.15) is 5.82 Å². The van der Waals surface area contributed by atoms with Crippen molar-refractivity contribution in [1.82, 2.24) is 10.7 Å². The highest BCUT2D eigenvalue weighted by Crippen LogP contribution is 2.22. The number of carbonyl (C=O) groups excluding carboxylic acids is 1. The Morgan fingerprint density at radius 1 is 1.44 bits per heavy atom. The summed E-state index contributed by atoms with van der Waals surface area (Å²) in [5.41, 5.74) is 3.18. The molecule has 2 heterocycles. The number of unbranched alkanes of at least 4 members (excludes halogenated alkanes) is 1. The molecule has 136 valence electrons. The van der Waals surface area contributed by atoms with Crippen LogP contribution in [0.15, 0.2) is 34.0 Å². The van der Waals surface area contributed by atoms with Gasteiger partial charge in [-0.1, -0.05) is 24.7 Å². The van der Waals surface area contributed by atoms with Crippen LogP contribution in [-0.4, -0.2) is 29.1 Å². The van der Waals surface area contributed by atoms with E-state index < -0.39 is 5.97 Å². The first-order chi connectivity index (χ1) is 12.1. The van der Waals surface area contributed by atoms with Gasteiger partial charge in [0.2, 0.25) is 5.91 Å². The van der Waals surface area contributed by atoms with Crippen molar-refractivity contribution in [2.75, 3.05) is 6.54 Å². The number of hydrazine groups is 1. The van der Waals surface area contributed by atoms with Crippen LogP contribution in [-0.2, 0) is 4.79 Å². The van der Waals surface area contributed by atoms with Crippen LogP contribution in [0.25, 0.3) is 0 Å². The third-order valence-electron chi connectivity index (χ3n) is 4.06. The van der Waals surface area contributed by atoms with Gasteiger partial charge < -0.3 is 10.7 Å². The van der Waals surface area contributed by atoms with E-state index in [1.807, 2.05) is 12.2 Å². The molecule has 25 heavy (non-hydrogen) atoms. The highest BCUT2D eigenvalue weighted by atomic mass is 32.1. The van der Waals surface area contributed by atoms with Crippen molar-refractivity contribution in [3.05, 3.63) is 24.0 Å². The Hall–Kier alpha value is -1.93. The predicted octanol–water partition coefficient (Wildman–Crippen LogP) is 2.47. The number of halogens is 1. The first-order valence-corrected chi connectivity index (χ1v) is 8.92. The Labute approximate surface area is 152 Å². The van der Waals surface area contributed by atoms with Crippen LogP contribution in [0.2, 0.25) is 0 Å².